The molecule has 1 N–H and O–H groups in total. The molecule has 1 aliphatic heterocycles. The zero-order chi connectivity index (χ0) is 20.1. The fourth-order valence-corrected chi connectivity index (χ4v) is 4.08. The largest absolute Gasteiger partial charge is 0.354 e. The molecular weight excluding hydrogens is 368 g/mol. The van der Waals surface area contributed by atoms with Crippen molar-refractivity contribution in [1.29, 1.82) is 0 Å². The number of nitrogens with one attached hydrogen (secondary N) is 1. The topological polar surface area (TPSA) is 58.1 Å². The Morgan fingerprint density at radius 2 is 1.82 bits per heavy atom. The number of aryl methyl sites for hydroxylation is 1. The van der Waals surface area contributed by atoms with Crippen molar-refractivity contribution >= 4 is 23.5 Å². The van der Waals surface area contributed by atoms with Gasteiger partial charge in [-0.15, -0.1) is 0 Å². The van der Waals surface area contributed by atoms with Gasteiger partial charge in [-0.05, 0) is 52.2 Å². The standard InChI is InChI=1S/C22H30N4OS/c1-5-22(3,4)25-20(27)17-10-14-26(15-11-17)19-21(24-13-12-23-19)28-18-8-6-16(2)7-9-18/h6-9,12-13,17H,5,10-11,14-15H2,1-4H3,(H,25,27). The number of carbonyl (C=O) groups excluding carboxylic acids is 1. The third kappa shape index (κ3) is 5.25. The van der Waals surface area contributed by atoms with Crippen molar-refractivity contribution in [2.24, 2.45) is 5.92 Å². The van der Waals surface area contributed by atoms with Crippen LogP contribution in [0.2, 0.25) is 0 Å². The van der Waals surface area contributed by atoms with Crippen LogP contribution in [0.4, 0.5) is 5.82 Å². The lowest BCUT2D eigenvalue weighted by Crippen LogP contribution is -2.48. The Bertz CT molecular complexity index is 798. The predicted octanol–water partition coefficient (Wildman–Crippen LogP) is 4.46. The molecule has 0 radical (unpaired) electrons. The summed E-state index contributed by atoms with van der Waals surface area (Å²) >= 11 is 1.64. The highest BCUT2D eigenvalue weighted by atomic mass is 32.2. The van der Waals surface area contributed by atoms with Crippen LogP contribution in [0.1, 0.15) is 45.6 Å². The molecule has 0 aliphatic carbocycles. The quantitative estimate of drug-likeness (QED) is 0.779. The van der Waals surface area contributed by atoms with Crippen LogP contribution in [0, 0.1) is 12.8 Å². The van der Waals surface area contributed by atoms with Gasteiger partial charge in [-0.3, -0.25) is 4.79 Å². The van der Waals surface area contributed by atoms with Crippen LogP contribution < -0.4 is 10.2 Å². The number of hydrogen-bond donors (Lipinski definition) is 1. The zero-order valence-electron chi connectivity index (χ0n) is 17.2. The summed E-state index contributed by atoms with van der Waals surface area (Å²) in [7, 11) is 0. The lowest BCUT2D eigenvalue weighted by atomic mass is 9.93. The van der Waals surface area contributed by atoms with Crippen LogP contribution in [-0.4, -0.2) is 34.5 Å². The number of carbonyl (C=O) groups is 1. The van der Waals surface area contributed by atoms with E-state index in [0.717, 1.165) is 48.1 Å². The number of aromatic nitrogens is 2. The van der Waals surface area contributed by atoms with Crippen LogP contribution in [0.15, 0.2) is 46.6 Å². The molecule has 6 heteroatoms. The first-order chi connectivity index (χ1) is 13.4. The van der Waals surface area contributed by atoms with Gasteiger partial charge >= 0.3 is 0 Å². The van der Waals surface area contributed by atoms with Gasteiger partial charge in [0.2, 0.25) is 5.91 Å². The molecule has 5 nitrogen and oxygen atoms in total. The summed E-state index contributed by atoms with van der Waals surface area (Å²) in [5.41, 5.74) is 1.10. The van der Waals surface area contributed by atoms with E-state index < -0.39 is 0 Å². The summed E-state index contributed by atoms with van der Waals surface area (Å²) < 4.78 is 0. The van der Waals surface area contributed by atoms with Crippen LogP contribution in [0.5, 0.6) is 0 Å². The maximum absolute atomic E-state index is 12.6. The maximum Gasteiger partial charge on any atom is 0.223 e. The van der Waals surface area contributed by atoms with E-state index in [1.165, 1.54) is 5.56 Å². The summed E-state index contributed by atoms with van der Waals surface area (Å²) in [4.78, 5) is 25.2. The molecule has 1 saturated heterocycles. The number of nitrogens with zero attached hydrogens (tertiary/aromatic N) is 3. The Balaban J connectivity index is 1.64. The normalized spacial score (nSPS) is 15.5. The van der Waals surface area contributed by atoms with E-state index in [0.29, 0.717) is 0 Å². The fourth-order valence-electron chi connectivity index (χ4n) is 3.20. The first kappa shape index (κ1) is 20.6. The van der Waals surface area contributed by atoms with E-state index in [-0.39, 0.29) is 17.4 Å². The third-order valence-corrected chi connectivity index (χ3v) is 6.38. The van der Waals surface area contributed by atoms with Crippen LogP contribution in [0.3, 0.4) is 0 Å². The van der Waals surface area contributed by atoms with Crippen molar-refractivity contribution < 1.29 is 4.79 Å². The molecule has 0 saturated carbocycles. The van der Waals surface area contributed by atoms with Gasteiger partial charge in [-0.25, -0.2) is 9.97 Å². The maximum atomic E-state index is 12.6. The summed E-state index contributed by atoms with van der Waals surface area (Å²) in [5, 5.41) is 4.11. The Morgan fingerprint density at radius 1 is 1.18 bits per heavy atom. The number of benzene rings is 1. The van der Waals surface area contributed by atoms with E-state index in [4.69, 9.17) is 0 Å². The molecule has 0 bridgehead atoms. The molecule has 0 spiro atoms. The minimum atomic E-state index is -0.142. The molecule has 3 rings (SSSR count). The van der Waals surface area contributed by atoms with Gasteiger partial charge in [-0.2, -0.15) is 0 Å². The van der Waals surface area contributed by atoms with Gasteiger partial charge in [0.15, 0.2) is 5.82 Å². The first-order valence-corrected chi connectivity index (χ1v) is 10.8. The van der Waals surface area contributed by atoms with Crippen molar-refractivity contribution in [2.45, 2.75) is 62.4 Å². The highest BCUT2D eigenvalue weighted by Gasteiger charge is 2.29. The van der Waals surface area contributed by atoms with Gasteiger partial charge in [0.1, 0.15) is 5.03 Å². The number of amides is 1. The van der Waals surface area contributed by atoms with Gasteiger partial charge in [0, 0.05) is 41.8 Å². The molecule has 28 heavy (non-hydrogen) atoms. The van der Waals surface area contributed by atoms with Crippen molar-refractivity contribution in [3.63, 3.8) is 0 Å². The number of piperidine rings is 1. The Kier molecular flexibility index (Phi) is 6.60. The van der Waals surface area contributed by atoms with Crippen molar-refractivity contribution in [3.8, 4) is 0 Å². The van der Waals surface area contributed by atoms with E-state index in [1.807, 2.05) is 0 Å². The summed E-state index contributed by atoms with van der Waals surface area (Å²) in [6.45, 7) is 9.99. The second kappa shape index (κ2) is 8.95. The number of rotatable bonds is 6. The first-order valence-electron chi connectivity index (χ1n) is 10.0. The molecule has 1 aliphatic rings. The molecule has 1 amide bonds. The predicted molar refractivity (Wildman–Crippen MR) is 115 cm³/mol. The van der Waals surface area contributed by atoms with Gasteiger partial charge in [0.25, 0.3) is 0 Å². The monoisotopic (exact) mass is 398 g/mol. The van der Waals surface area contributed by atoms with E-state index >= 15 is 0 Å². The lowest BCUT2D eigenvalue weighted by Gasteiger charge is -2.34. The van der Waals surface area contributed by atoms with Gasteiger partial charge in [-0.1, -0.05) is 36.4 Å². The van der Waals surface area contributed by atoms with E-state index in [9.17, 15) is 4.79 Å². The Labute approximate surface area is 172 Å². The van der Waals surface area contributed by atoms with Crippen LogP contribution in [0.25, 0.3) is 0 Å². The molecule has 2 aromatic rings. The highest BCUT2D eigenvalue weighted by Crippen LogP contribution is 2.34. The summed E-state index contributed by atoms with van der Waals surface area (Å²) in [6.07, 6.45) is 6.11. The zero-order valence-corrected chi connectivity index (χ0v) is 18.1. The number of anilines is 1. The molecular formula is C22H30N4OS. The molecule has 150 valence electrons. The smallest absolute Gasteiger partial charge is 0.223 e. The molecule has 1 fully saturated rings. The second-order valence-electron chi connectivity index (χ2n) is 8.09. The fraction of sp³-hybridized carbons (Fsp3) is 0.500. The average molecular weight is 399 g/mol. The Hall–Kier alpha value is -2.08. The molecule has 1 aromatic carbocycles. The van der Waals surface area contributed by atoms with E-state index in [1.54, 1.807) is 24.2 Å². The van der Waals surface area contributed by atoms with Gasteiger partial charge < -0.3 is 10.2 Å². The van der Waals surface area contributed by atoms with E-state index in [2.05, 4.69) is 72.1 Å². The lowest BCUT2D eigenvalue weighted by molar-refractivity contribution is -0.127. The van der Waals surface area contributed by atoms with Gasteiger partial charge in [0.05, 0.1) is 0 Å². The minimum Gasteiger partial charge on any atom is -0.354 e. The minimum absolute atomic E-state index is 0.0759. The molecule has 0 unspecified atom stereocenters. The average Bonchev–Trinajstić information content (AvgIpc) is 2.70. The second-order valence-corrected chi connectivity index (χ2v) is 9.15. The van der Waals surface area contributed by atoms with Crippen molar-refractivity contribution in [3.05, 3.63) is 42.2 Å². The molecule has 2 heterocycles. The molecule has 0 atom stereocenters. The summed E-state index contributed by atoms with van der Waals surface area (Å²) in [6, 6.07) is 8.45. The van der Waals surface area contributed by atoms with Crippen molar-refractivity contribution in [2.75, 3.05) is 18.0 Å². The number of hydrogen-bond acceptors (Lipinski definition) is 5. The van der Waals surface area contributed by atoms with Crippen molar-refractivity contribution in [1.82, 2.24) is 15.3 Å². The van der Waals surface area contributed by atoms with Crippen LogP contribution >= 0.6 is 11.8 Å². The van der Waals surface area contributed by atoms with Crippen LogP contribution in [-0.2, 0) is 4.79 Å². The SMILES string of the molecule is CCC(C)(C)NC(=O)C1CCN(c2nccnc2Sc2ccc(C)cc2)CC1. The Morgan fingerprint density at radius 3 is 2.46 bits per heavy atom. The molecule has 1 aromatic heterocycles. The third-order valence-electron chi connectivity index (χ3n) is 5.39. The summed E-state index contributed by atoms with van der Waals surface area (Å²) in [5.74, 6) is 1.17. The highest BCUT2D eigenvalue weighted by molar-refractivity contribution is 7.99.